The van der Waals surface area contributed by atoms with Crippen molar-refractivity contribution in [3.63, 3.8) is 0 Å². The molecule has 2 aromatic heterocycles. The predicted molar refractivity (Wildman–Crippen MR) is 321 cm³/mol. The molecule has 14 aromatic rings. The molecule has 0 bridgehead atoms. The number of hydrogen-bond donors (Lipinski definition) is 0. The third kappa shape index (κ3) is 7.58. The van der Waals surface area contributed by atoms with Gasteiger partial charge in [-0.3, -0.25) is 0 Å². The number of para-hydroxylation sites is 4. The Bertz CT molecular complexity index is 4160. The fourth-order valence-electron chi connectivity index (χ4n) is 12.2. The lowest BCUT2D eigenvalue weighted by atomic mass is 9.84. The summed E-state index contributed by atoms with van der Waals surface area (Å²) in [4.78, 5) is 4.93. The van der Waals surface area contributed by atoms with Crippen molar-refractivity contribution in [1.29, 1.82) is 0 Å². The van der Waals surface area contributed by atoms with Gasteiger partial charge in [-0.1, -0.05) is 198 Å². The highest BCUT2D eigenvalue weighted by molar-refractivity contribution is 6.30. The minimum absolute atomic E-state index is 0.223. The summed E-state index contributed by atoms with van der Waals surface area (Å²) in [5, 5.41) is 11.9. The third-order valence-electron chi connectivity index (χ3n) is 15.8. The van der Waals surface area contributed by atoms with E-state index in [-0.39, 0.29) is 11.8 Å². The lowest BCUT2D eigenvalue weighted by Crippen LogP contribution is -2.13. The van der Waals surface area contributed by atoms with Crippen molar-refractivity contribution in [3.05, 3.63) is 264 Å². The van der Waals surface area contributed by atoms with Gasteiger partial charge in [0, 0.05) is 43.7 Å². The van der Waals surface area contributed by atoms with Crippen LogP contribution in [0.5, 0.6) is 0 Å². The zero-order chi connectivity index (χ0) is 51.0. The van der Waals surface area contributed by atoms with E-state index in [1.807, 2.05) is 0 Å². The number of nitrogens with zero attached hydrogens (tertiary/aromatic N) is 2. The summed E-state index contributed by atoms with van der Waals surface area (Å²) in [6, 6.07) is 84.3. The van der Waals surface area contributed by atoms with Crippen molar-refractivity contribution in [2.45, 2.75) is 52.4 Å². The average molecular weight is 981 g/mol. The van der Waals surface area contributed by atoms with E-state index in [0.717, 1.165) is 90.8 Å². The maximum atomic E-state index is 6.91. The second-order valence-electron chi connectivity index (χ2n) is 21.2. The smallest absolute Gasteiger partial charge is 0.159 e. The van der Waals surface area contributed by atoms with Crippen molar-refractivity contribution in [1.82, 2.24) is 0 Å². The highest BCUT2D eigenvalue weighted by atomic mass is 16.3. The van der Waals surface area contributed by atoms with Gasteiger partial charge in [-0.15, -0.1) is 0 Å². The molecule has 0 spiro atoms. The molecular formula is C72H56N2O2. The highest BCUT2D eigenvalue weighted by Gasteiger charge is 2.28. The minimum atomic E-state index is 0.223. The maximum Gasteiger partial charge on any atom is 0.159 e. The Morgan fingerprint density at radius 3 is 1.07 bits per heavy atom. The molecule has 14 rings (SSSR count). The Balaban J connectivity index is 1.04. The van der Waals surface area contributed by atoms with Crippen LogP contribution < -0.4 is 9.80 Å². The molecule has 0 aliphatic carbocycles. The van der Waals surface area contributed by atoms with E-state index in [1.54, 1.807) is 0 Å². The van der Waals surface area contributed by atoms with Gasteiger partial charge in [0.15, 0.2) is 11.2 Å². The lowest BCUT2D eigenvalue weighted by molar-refractivity contribution is 0.668. The predicted octanol–water partition coefficient (Wildman–Crippen LogP) is 20.8. The van der Waals surface area contributed by atoms with Crippen molar-refractivity contribution < 1.29 is 8.83 Å². The average Bonchev–Trinajstić information content (AvgIpc) is 4.07. The summed E-state index contributed by atoms with van der Waals surface area (Å²) in [7, 11) is 0. The Kier molecular flexibility index (Phi) is 11.0. The van der Waals surface area contributed by atoms with Crippen molar-refractivity contribution in [2.75, 3.05) is 9.80 Å². The van der Waals surface area contributed by atoms with Gasteiger partial charge in [-0.25, -0.2) is 0 Å². The lowest BCUT2D eigenvalue weighted by Gasteiger charge is -2.31. The van der Waals surface area contributed by atoms with E-state index in [4.69, 9.17) is 8.83 Å². The molecule has 0 aliphatic heterocycles. The van der Waals surface area contributed by atoms with Gasteiger partial charge in [0.25, 0.3) is 0 Å². The first-order valence-electron chi connectivity index (χ1n) is 26.8. The van der Waals surface area contributed by atoms with Crippen LogP contribution in [0.2, 0.25) is 0 Å². The van der Waals surface area contributed by atoms with Gasteiger partial charge in [-0.05, 0) is 140 Å². The van der Waals surface area contributed by atoms with Crippen molar-refractivity contribution in [3.8, 4) is 0 Å². The molecule has 12 aromatic carbocycles. The van der Waals surface area contributed by atoms with Gasteiger partial charge >= 0.3 is 0 Å². The number of hydrogen-bond acceptors (Lipinski definition) is 4. The zero-order valence-electron chi connectivity index (χ0n) is 43.2. The maximum absolute atomic E-state index is 6.91. The number of benzene rings is 12. The topological polar surface area (TPSA) is 32.8 Å². The standard InChI is InChI=1S/C72H56N2O2/c1-45(2)61-43-65(73(51-33-29-49(30-34-51)41-47-17-7-5-8-18-47)63-25-15-23-57-53-21-11-13-27-67(53)75-71(57)63)59-40-38-56-62(46(3)4)44-66(60-39-37-55(61)69(59)70(56)60)74(52-35-31-50(32-36-52)42-48-19-9-6-10-20-48)64-26-16-24-58-54-22-12-14-28-68(54)76-72(58)64/h5-40,43-46H,41-42H2,1-4H3. The first-order chi connectivity index (χ1) is 37.3. The largest absolute Gasteiger partial charge is 0.454 e. The van der Waals surface area contributed by atoms with Gasteiger partial charge in [0.1, 0.15) is 11.2 Å². The molecule has 0 saturated carbocycles. The number of furan rings is 2. The second kappa shape index (κ2) is 18.4. The van der Waals surface area contributed by atoms with Crippen LogP contribution in [-0.2, 0) is 12.8 Å². The molecule has 0 fully saturated rings. The highest BCUT2D eigenvalue weighted by Crippen LogP contribution is 2.53. The van der Waals surface area contributed by atoms with Crippen LogP contribution >= 0.6 is 0 Å². The Hall–Kier alpha value is -9.12. The summed E-state index contributed by atoms with van der Waals surface area (Å²) in [5.41, 5.74) is 17.6. The number of rotatable bonds is 12. The molecule has 0 atom stereocenters. The molecular weight excluding hydrogens is 925 g/mol. The van der Waals surface area contributed by atoms with Gasteiger partial charge in [-0.2, -0.15) is 0 Å². The van der Waals surface area contributed by atoms with Crippen molar-refractivity contribution >= 4 is 110 Å². The van der Waals surface area contributed by atoms with E-state index < -0.39 is 0 Å². The number of fused-ring (bicyclic) bond motifs is 6. The van der Waals surface area contributed by atoms with Crippen LogP contribution in [0.3, 0.4) is 0 Å². The fourth-order valence-corrected chi connectivity index (χ4v) is 12.2. The summed E-state index contributed by atoms with van der Waals surface area (Å²) >= 11 is 0. The first kappa shape index (κ1) is 45.5. The van der Waals surface area contributed by atoms with E-state index >= 15 is 0 Å². The van der Waals surface area contributed by atoms with Gasteiger partial charge in [0.2, 0.25) is 0 Å². The third-order valence-corrected chi connectivity index (χ3v) is 15.8. The fraction of sp³-hybridized carbons (Fsp3) is 0.111. The summed E-state index contributed by atoms with van der Waals surface area (Å²) in [6.45, 7) is 9.34. The molecule has 0 aliphatic rings. The molecule has 4 heteroatoms. The Morgan fingerprint density at radius 1 is 0.303 bits per heavy atom. The van der Waals surface area contributed by atoms with Crippen LogP contribution in [0.25, 0.3) is 76.2 Å². The molecule has 0 N–H and O–H groups in total. The summed E-state index contributed by atoms with van der Waals surface area (Å²) in [6.07, 6.45) is 1.72. The van der Waals surface area contributed by atoms with Gasteiger partial charge in [0.05, 0.1) is 22.7 Å². The van der Waals surface area contributed by atoms with Crippen LogP contribution in [0.1, 0.15) is 72.9 Å². The quantitative estimate of drug-likeness (QED) is 0.114. The summed E-state index contributed by atoms with van der Waals surface area (Å²) < 4.78 is 13.8. The second-order valence-corrected chi connectivity index (χ2v) is 21.2. The van der Waals surface area contributed by atoms with Crippen LogP contribution in [0, 0.1) is 0 Å². The van der Waals surface area contributed by atoms with E-state index in [1.165, 1.54) is 65.7 Å². The Labute approximate surface area is 443 Å². The van der Waals surface area contributed by atoms with E-state index in [0.29, 0.717) is 0 Å². The molecule has 4 nitrogen and oxygen atoms in total. The molecule has 0 amide bonds. The number of anilines is 6. The Morgan fingerprint density at radius 2 is 0.658 bits per heavy atom. The monoisotopic (exact) mass is 980 g/mol. The molecule has 2 heterocycles. The molecule has 0 radical (unpaired) electrons. The van der Waals surface area contributed by atoms with Crippen LogP contribution in [-0.4, -0.2) is 0 Å². The van der Waals surface area contributed by atoms with E-state index in [2.05, 4.69) is 268 Å². The first-order valence-corrected chi connectivity index (χ1v) is 26.8. The molecule has 76 heavy (non-hydrogen) atoms. The SMILES string of the molecule is CC(C)c1cc(N(c2ccc(Cc3ccccc3)cc2)c2cccc3c2oc2ccccc23)c2ccc3c(C(C)C)cc(N(c4ccc(Cc5ccccc5)cc4)c4cccc5c4oc4ccccc45)c4ccc1c2c34. The van der Waals surface area contributed by atoms with E-state index in [9.17, 15) is 0 Å². The van der Waals surface area contributed by atoms with Crippen molar-refractivity contribution in [2.24, 2.45) is 0 Å². The molecule has 0 saturated heterocycles. The normalized spacial score (nSPS) is 12.0. The van der Waals surface area contributed by atoms with Gasteiger partial charge < -0.3 is 18.6 Å². The van der Waals surface area contributed by atoms with Crippen LogP contribution in [0.4, 0.5) is 34.1 Å². The minimum Gasteiger partial charge on any atom is -0.454 e. The molecule has 366 valence electrons. The zero-order valence-corrected chi connectivity index (χ0v) is 43.2. The molecule has 0 unspecified atom stereocenters. The summed E-state index contributed by atoms with van der Waals surface area (Å²) in [5.74, 6) is 0.446. The van der Waals surface area contributed by atoms with Crippen LogP contribution in [0.15, 0.2) is 239 Å².